The quantitative estimate of drug-likeness (QED) is 0.917. The number of carbonyl (C=O) groups is 2. The fourth-order valence-corrected chi connectivity index (χ4v) is 4.64. The maximum absolute atomic E-state index is 12.6. The predicted molar refractivity (Wildman–Crippen MR) is 97.4 cm³/mol. The first-order valence-electron chi connectivity index (χ1n) is 9.57. The fraction of sp³-hybridized carbons (Fsp3) is 0.600. The number of carbonyl (C=O) groups excluding carboxylic acids is 2. The first-order valence-corrected chi connectivity index (χ1v) is 9.57. The van der Waals surface area contributed by atoms with E-state index in [0.29, 0.717) is 18.3 Å². The van der Waals surface area contributed by atoms with Crippen LogP contribution in [0.1, 0.15) is 50.6 Å². The van der Waals surface area contributed by atoms with Crippen molar-refractivity contribution in [3.63, 3.8) is 0 Å². The molecule has 1 aliphatic carbocycles. The van der Waals surface area contributed by atoms with E-state index in [1.807, 2.05) is 41.0 Å². The number of likely N-dealkylation sites (tertiary alicyclic amines) is 1. The lowest BCUT2D eigenvalue weighted by atomic mass is 10.0. The summed E-state index contributed by atoms with van der Waals surface area (Å²) < 4.78 is 0. The smallest absolute Gasteiger partial charge is 0.317 e. The molecule has 3 atom stereocenters. The third-order valence-electron chi connectivity index (χ3n) is 6.11. The molecule has 5 nitrogen and oxygen atoms in total. The molecule has 2 heterocycles. The molecule has 0 radical (unpaired) electrons. The number of amides is 3. The molecule has 1 N–H and O–H groups in total. The third kappa shape index (κ3) is 3.24. The van der Waals surface area contributed by atoms with Gasteiger partial charge in [-0.1, -0.05) is 18.6 Å². The first-order chi connectivity index (χ1) is 12.1. The minimum atomic E-state index is -0.0643. The number of fused-ring (bicyclic) bond motifs is 1. The van der Waals surface area contributed by atoms with E-state index in [4.69, 9.17) is 0 Å². The Morgan fingerprint density at radius 3 is 2.64 bits per heavy atom. The van der Waals surface area contributed by atoms with Gasteiger partial charge < -0.3 is 15.1 Å². The summed E-state index contributed by atoms with van der Waals surface area (Å²) in [6, 6.07) is 7.98. The summed E-state index contributed by atoms with van der Waals surface area (Å²) in [6.07, 6.45) is 5.43. The van der Waals surface area contributed by atoms with Crippen molar-refractivity contribution in [1.82, 2.24) is 10.2 Å². The van der Waals surface area contributed by atoms with Crippen LogP contribution in [0, 0.1) is 11.8 Å². The van der Waals surface area contributed by atoms with Crippen LogP contribution in [0.25, 0.3) is 0 Å². The van der Waals surface area contributed by atoms with Gasteiger partial charge in [-0.05, 0) is 55.7 Å². The van der Waals surface area contributed by atoms with Crippen molar-refractivity contribution in [2.24, 2.45) is 11.8 Å². The van der Waals surface area contributed by atoms with Gasteiger partial charge in [-0.2, -0.15) is 0 Å². The third-order valence-corrected chi connectivity index (χ3v) is 6.11. The molecule has 3 amide bonds. The van der Waals surface area contributed by atoms with Crippen LogP contribution in [-0.2, 0) is 4.79 Å². The van der Waals surface area contributed by atoms with Gasteiger partial charge in [-0.15, -0.1) is 0 Å². The zero-order valence-electron chi connectivity index (χ0n) is 14.9. The van der Waals surface area contributed by atoms with Crippen LogP contribution >= 0.6 is 0 Å². The number of benzene rings is 1. The summed E-state index contributed by atoms with van der Waals surface area (Å²) in [5.74, 6) is 1.62. The van der Waals surface area contributed by atoms with Crippen molar-refractivity contribution in [2.45, 2.75) is 45.1 Å². The molecule has 0 aromatic heterocycles. The normalized spacial score (nSPS) is 26.8. The molecule has 4 rings (SSSR count). The lowest BCUT2D eigenvalue weighted by molar-refractivity contribution is -0.117. The number of rotatable bonds is 3. The molecule has 3 aliphatic rings. The molecule has 25 heavy (non-hydrogen) atoms. The molecule has 2 aliphatic heterocycles. The van der Waals surface area contributed by atoms with Gasteiger partial charge in [0.2, 0.25) is 5.91 Å². The van der Waals surface area contributed by atoms with Crippen LogP contribution in [0.2, 0.25) is 0 Å². The zero-order chi connectivity index (χ0) is 17.4. The van der Waals surface area contributed by atoms with Crippen molar-refractivity contribution in [2.75, 3.05) is 24.5 Å². The molecular weight excluding hydrogens is 314 g/mol. The van der Waals surface area contributed by atoms with E-state index >= 15 is 0 Å². The van der Waals surface area contributed by atoms with E-state index in [1.54, 1.807) is 0 Å². The number of anilines is 1. The lowest BCUT2D eigenvalue weighted by Gasteiger charge is -2.23. The Kier molecular flexibility index (Phi) is 4.40. The molecular formula is C20H27N3O2. The molecule has 0 spiro atoms. The van der Waals surface area contributed by atoms with E-state index in [-0.39, 0.29) is 18.0 Å². The van der Waals surface area contributed by atoms with Gasteiger partial charge in [0, 0.05) is 31.7 Å². The minimum Gasteiger partial charge on any atom is -0.331 e. The fourth-order valence-electron chi connectivity index (χ4n) is 4.64. The highest BCUT2D eigenvalue weighted by atomic mass is 16.2. The van der Waals surface area contributed by atoms with E-state index < -0.39 is 0 Å². The lowest BCUT2D eigenvalue weighted by Crippen LogP contribution is -2.40. The van der Waals surface area contributed by atoms with Gasteiger partial charge in [-0.3, -0.25) is 4.79 Å². The standard InChI is InChI=1S/C20H27N3O2/c1-14(21-20(25)22-12-16-6-2-7-17(16)13-22)15-5-3-8-18(11-15)23-10-4-9-19(23)24/h3,5,8,11,14,16-17H,2,4,6-7,9-10,12-13H2,1H3,(H,21,25)/t14-,16-,17+/m1/s1. The monoisotopic (exact) mass is 341 g/mol. The maximum Gasteiger partial charge on any atom is 0.317 e. The van der Waals surface area contributed by atoms with E-state index in [2.05, 4.69) is 5.32 Å². The summed E-state index contributed by atoms with van der Waals surface area (Å²) in [5, 5.41) is 3.14. The minimum absolute atomic E-state index is 0.0459. The van der Waals surface area contributed by atoms with Crippen molar-refractivity contribution >= 4 is 17.6 Å². The number of urea groups is 1. The molecule has 3 fully saturated rings. The Balaban J connectivity index is 1.40. The Morgan fingerprint density at radius 1 is 1.20 bits per heavy atom. The zero-order valence-corrected chi connectivity index (χ0v) is 14.9. The summed E-state index contributed by atoms with van der Waals surface area (Å²) >= 11 is 0. The van der Waals surface area contributed by atoms with E-state index in [1.165, 1.54) is 19.3 Å². The van der Waals surface area contributed by atoms with Crippen LogP contribution in [0.3, 0.4) is 0 Å². The number of hydrogen-bond donors (Lipinski definition) is 1. The second-order valence-corrected chi connectivity index (χ2v) is 7.77. The van der Waals surface area contributed by atoms with Gasteiger partial charge in [0.1, 0.15) is 0 Å². The summed E-state index contributed by atoms with van der Waals surface area (Å²) in [7, 11) is 0. The number of hydrogen-bond acceptors (Lipinski definition) is 2. The van der Waals surface area contributed by atoms with Crippen molar-refractivity contribution < 1.29 is 9.59 Å². The molecule has 0 unspecified atom stereocenters. The van der Waals surface area contributed by atoms with Crippen molar-refractivity contribution in [3.05, 3.63) is 29.8 Å². The second-order valence-electron chi connectivity index (χ2n) is 7.77. The van der Waals surface area contributed by atoms with Crippen LogP contribution in [-0.4, -0.2) is 36.5 Å². The number of nitrogens with zero attached hydrogens (tertiary/aromatic N) is 2. The van der Waals surface area contributed by atoms with Crippen LogP contribution in [0.5, 0.6) is 0 Å². The maximum atomic E-state index is 12.6. The highest BCUT2D eigenvalue weighted by Crippen LogP contribution is 2.37. The average Bonchev–Trinajstić information content (AvgIpc) is 3.30. The van der Waals surface area contributed by atoms with Crippen molar-refractivity contribution in [3.8, 4) is 0 Å². The van der Waals surface area contributed by atoms with Gasteiger partial charge >= 0.3 is 6.03 Å². The van der Waals surface area contributed by atoms with Crippen LogP contribution < -0.4 is 10.2 Å². The van der Waals surface area contributed by atoms with Gasteiger partial charge in [0.25, 0.3) is 0 Å². The molecule has 2 saturated heterocycles. The van der Waals surface area contributed by atoms with Crippen LogP contribution in [0.4, 0.5) is 10.5 Å². The average molecular weight is 341 g/mol. The SMILES string of the molecule is C[C@@H](NC(=O)N1C[C@H]2CCC[C@H]2C1)c1cccc(N2CCCC2=O)c1. The molecule has 1 saturated carbocycles. The Bertz CT molecular complexity index is 663. The van der Waals surface area contributed by atoms with Crippen LogP contribution in [0.15, 0.2) is 24.3 Å². The highest BCUT2D eigenvalue weighted by molar-refractivity contribution is 5.95. The first kappa shape index (κ1) is 16.4. The van der Waals surface area contributed by atoms with Gasteiger partial charge in [0.05, 0.1) is 6.04 Å². The second kappa shape index (κ2) is 6.70. The van der Waals surface area contributed by atoms with Gasteiger partial charge in [-0.25, -0.2) is 4.79 Å². The summed E-state index contributed by atoms with van der Waals surface area (Å²) in [5.41, 5.74) is 1.99. The summed E-state index contributed by atoms with van der Waals surface area (Å²) in [4.78, 5) is 28.4. The Labute approximate surface area is 149 Å². The highest BCUT2D eigenvalue weighted by Gasteiger charge is 2.38. The Hall–Kier alpha value is -2.04. The topological polar surface area (TPSA) is 52.7 Å². The molecule has 5 heteroatoms. The molecule has 1 aromatic carbocycles. The number of nitrogens with one attached hydrogen (secondary N) is 1. The molecule has 1 aromatic rings. The Morgan fingerprint density at radius 2 is 1.96 bits per heavy atom. The largest absolute Gasteiger partial charge is 0.331 e. The van der Waals surface area contributed by atoms with E-state index in [9.17, 15) is 9.59 Å². The summed E-state index contributed by atoms with van der Waals surface area (Å²) in [6.45, 7) is 4.62. The molecule has 134 valence electrons. The van der Waals surface area contributed by atoms with Gasteiger partial charge in [0.15, 0.2) is 0 Å². The van der Waals surface area contributed by atoms with E-state index in [0.717, 1.165) is 37.3 Å². The predicted octanol–water partition coefficient (Wildman–Crippen LogP) is 3.32. The van der Waals surface area contributed by atoms with Crippen molar-refractivity contribution in [1.29, 1.82) is 0 Å². The molecule has 0 bridgehead atoms.